The molecule has 0 saturated heterocycles. The quantitative estimate of drug-likeness (QED) is 0.284. The molecule has 0 spiro atoms. The first-order valence-corrected chi connectivity index (χ1v) is 9.26. The molecule has 8 heteroatoms. The highest BCUT2D eigenvalue weighted by molar-refractivity contribution is 14.0. The zero-order valence-corrected chi connectivity index (χ0v) is 19.6. The Labute approximate surface area is 189 Å². The zero-order valence-electron chi connectivity index (χ0n) is 17.2. The molecule has 0 atom stereocenters. The van der Waals surface area contributed by atoms with Crippen molar-refractivity contribution in [2.45, 2.75) is 20.3 Å². The van der Waals surface area contributed by atoms with Crippen LogP contribution in [0.15, 0.2) is 47.5 Å². The summed E-state index contributed by atoms with van der Waals surface area (Å²) >= 11 is 0. The molecule has 0 aliphatic heterocycles. The molecule has 158 valence electrons. The lowest BCUT2D eigenvalue weighted by Gasteiger charge is -2.14. The molecule has 0 saturated carbocycles. The van der Waals surface area contributed by atoms with Gasteiger partial charge in [0.15, 0.2) is 17.5 Å². The summed E-state index contributed by atoms with van der Waals surface area (Å²) in [6.45, 7) is 4.64. The summed E-state index contributed by atoms with van der Waals surface area (Å²) in [6.07, 6.45) is 0.921. The Hall–Kier alpha value is -2.49. The van der Waals surface area contributed by atoms with Gasteiger partial charge >= 0.3 is 0 Å². The van der Waals surface area contributed by atoms with Gasteiger partial charge in [-0.2, -0.15) is 0 Å². The average Bonchev–Trinajstić information content (AvgIpc) is 2.72. The molecule has 0 bridgehead atoms. The van der Waals surface area contributed by atoms with Gasteiger partial charge in [0.1, 0.15) is 0 Å². The molecule has 2 rings (SSSR count). The summed E-state index contributed by atoms with van der Waals surface area (Å²) < 4.78 is 10.9. The van der Waals surface area contributed by atoms with Crippen LogP contribution in [0.2, 0.25) is 0 Å². The predicted octanol–water partition coefficient (Wildman–Crippen LogP) is 3.90. The molecule has 0 fully saturated rings. The van der Waals surface area contributed by atoms with Gasteiger partial charge in [0.05, 0.1) is 20.3 Å². The van der Waals surface area contributed by atoms with Gasteiger partial charge in [-0.15, -0.1) is 24.0 Å². The summed E-state index contributed by atoms with van der Waals surface area (Å²) in [5.41, 5.74) is 2.72. The van der Waals surface area contributed by atoms with E-state index in [-0.39, 0.29) is 36.4 Å². The Balaban J connectivity index is 0.00000420. The van der Waals surface area contributed by atoms with Gasteiger partial charge in [0, 0.05) is 24.5 Å². The van der Waals surface area contributed by atoms with Crippen LogP contribution in [0.5, 0.6) is 11.5 Å². The number of aryl methyl sites for hydroxylation is 1. The molecule has 29 heavy (non-hydrogen) atoms. The lowest BCUT2D eigenvalue weighted by molar-refractivity contribution is -0.115. The van der Waals surface area contributed by atoms with Gasteiger partial charge in [0.25, 0.3) is 0 Å². The van der Waals surface area contributed by atoms with Crippen LogP contribution < -0.4 is 25.4 Å². The van der Waals surface area contributed by atoms with Crippen molar-refractivity contribution in [3.63, 3.8) is 0 Å². The summed E-state index contributed by atoms with van der Waals surface area (Å²) in [6, 6.07) is 13.3. The molecule has 1 amide bonds. The van der Waals surface area contributed by atoms with Crippen LogP contribution in [0.3, 0.4) is 0 Å². The van der Waals surface area contributed by atoms with E-state index in [1.807, 2.05) is 49.4 Å². The van der Waals surface area contributed by atoms with Gasteiger partial charge in [-0.3, -0.25) is 9.79 Å². The van der Waals surface area contributed by atoms with Crippen molar-refractivity contribution in [3.8, 4) is 11.5 Å². The summed E-state index contributed by atoms with van der Waals surface area (Å²) in [4.78, 5) is 16.4. The van der Waals surface area contributed by atoms with E-state index in [9.17, 15) is 4.79 Å². The molecule has 0 unspecified atom stereocenters. The van der Waals surface area contributed by atoms with Crippen molar-refractivity contribution in [1.82, 2.24) is 5.32 Å². The van der Waals surface area contributed by atoms with Crippen molar-refractivity contribution < 1.29 is 14.3 Å². The number of anilines is 2. The average molecular weight is 512 g/mol. The Morgan fingerprint density at radius 3 is 2.45 bits per heavy atom. The molecule has 0 aromatic heterocycles. The van der Waals surface area contributed by atoms with Crippen LogP contribution in [0, 0.1) is 0 Å². The highest BCUT2D eigenvalue weighted by Crippen LogP contribution is 2.30. The number of guanidine groups is 1. The molecule has 3 N–H and O–H groups in total. The van der Waals surface area contributed by atoms with Gasteiger partial charge in [-0.1, -0.05) is 19.1 Å². The molecule has 2 aromatic rings. The number of hydrogen-bond donors (Lipinski definition) is 3. The smallest absolute Gasteiger partial charge is 0.243 e. The Morgan fingerprint density at radius 1 is 1.03 bits per heavy atom. The number of carbonyl (C=O) groups is 1. The minimum Gasteiger partial charge on any atom is -0.493 e. The second-order valence-electron chi connectivity index (χ2n) is 5.95. The SMILES string of the molecule is CCOc1ccc(NC(=NC)NCC(=O)Nc2cccc(CC)c2)cc1OC.I. The molecular formula is C21H29IN4O3. The third kappa shape index (κ3) is 7.80. The third-order valence-corrected chi connectivity index (χ3v) is 3.99. The fraction of sp³-hybridized carbons (Fsp3) is 0.333. The molecule has 2 aromatic carbocycles. The van der Waals surface area contributed by atoms with E-state index in [1.54, 1.807) is 14.2 Å². The van der Waals surface area contributed by atoms with E-state index >= 15 is 0 Å². The van der Waals surface area contributed by atoms with Gasteiger partial charge < -0.3 is 25.4 Å². The lowest BCUT2D eigenvalue weighted by atomic mass is 10.1. The molecular weight excluding hydrogens is 483 g/mol. The molecule has 0 aliphatic rings. The van der Waals surface area contributed by atoms with Gasteiger partial charge in [0.2, 0.25) is 5.91 Å². The number of halogens is 1. The molecule has 0 heterocycles. The number of methoxy groups -OCH3 is 1. The second-order valence-corrected chi connectivity index (χ2v) is 5.95. The number of ether oxygens (including phenoxy) is 2. The molecule has 7 nitrogen and oxygen atoms in total. The van der Waals surface area contributed by atoms with E-state index in [1.165, 1.54) is 5.56 Å². The topological polar surface area (TPSA) is 84.0 Å². The number of carbonyl (C=O) groups excluding carboxylic acids is 1. The number of aliphatic imine (C=N–C) groups is 1. The Kier molecular flexibility index (Phi) is 10.9. The highest BCUT2D eigenvalue weighted by atomic mass is 127. The Bertz CT molecular complexity index is 827. The fourth-order valence-corrected chi connectivity index (χ4v) is 2.57. The summed E-state index contributed by atoms with van der Waals surface area (Å²) in [5.74, 6) is 1.62. The number of benzene rings is 2. The van der Waals surface area contributed by atoms with Crippen molar-refractivity contribution >= 4 is 47.2 Å². The minimum atomic E-state index is -0.152. The van der Waals surface area contributed by atoms with Crippen molar-refractivity contribution in [1.29, 1.82) is 0 Å². The predicted molar refractivity (Wildman–Crippen MR) is 129 cm³/mol. The number of amides is 1. The fourth-order valence-electron chi connectivity index (χ4n) is 2.57. The van der Waals surface area contributed by atoms with Crippen molar-refractivity contribution in [2.24, 2.45) is 4.99 Å². The zero-order chi connectivity index (χ0) is 20.4. The van der Waals surface area contributed by atoms with E-state index in [2.05, 4.69) is 27.9 Å². The monoisotopic (exact) mass is 512 g/mol. The van der Waals surface area contributed by atoms with E-state index in [4.69, 9.17) is 9.47 Å². The second kappa shape index (κ2) is 12.9. The maximum absolute atomic E-state index is 12.2. The van der Waals surface area contributed by atoms with Gasteiger partial charge in [-0.05, 0) is 43.2 Å². The number of rotatable bonds is 8. The van der Waals surface area contributed by atoms with Crippen LogP contribution >= 0.6 is 24.0 Å². The molecule has 0 aliphatic carbocycles. The first kappa shape index (κ1) is 24.5. The normalized spacial score (nSPS) is 10.6. The van der Waals surface area contributed by atoms with Gasteiger partial charge in [-0.25, -0.2) is 0 Å². The first-order valence-electron chi connectivity index (χ1n) is 9.26. The number of nitrogens with one attached hydrogen (secondary N) is 3. The van der Waals surface area contributed by atoms with Crippen LogP contribution in [-0.4, -0.2) is 39.2 Å². The first-order chi connectivity index (χ1) is 13.6. The maximum Gasteiger partial charge on any atom is 0.243 e. The summed E-state index contributed by atoms with van der Waals surface area (Å²) in [5, 5.41) is 9.01. The largest absolute Gasteiger partial charge is 0.493 e. The van der Waals surface area contributed by atoms with Crippen LogP contribution in [-0.2, 0) is 11.2 Å². The van der Waals surface area contributed by atoms with E-state index in [0.717, 1.165) is 17.8 Å². The third-order valence-electron chi connectivity index (χ3n) is 3.99. The maximum atomic E-state index is 12.2. The molecule has 0 radical (unpaired) electrons. The highest BCUT2D eigenvalue weighted by Gasteiger charge is 2.08. The van der Waals surface area contributed by atoms with Crippen LogP contribution in [0.1, 0.15) is 19.4 Å². The van der Waals surface area contributed by atoms with Crippen LogP contribution in [0.25, 0.3) is 0 Å². The number of nitrogens with zero attached hydrogens (tertiary/aromatic N) is 1. The van der Waals surface area contributed by atoms with Crippen LogP contribution in [0.4, 0.5) is 11.4 Å². The summed E-state index contributed by atoms with van der Waals surface area (Å²) in [7, 11) is 3.23. The number of hydrogen-bond acceptors (Lipinski definition) is 4. The van der Waals surface area contributed by atoms with E-state index in [0.29, 0.717) is 24.1 Å². The Morgan fingerprint density at radius 2 is 1.79 bits per heavy atom. The lowest BCUT2D eigenvalue weighted by Crippen LogP contribution is -2.37. The standard InChI is InChI=1S/C21H28N4O3.HI/c1-5-15-8-7-9-16(12-15)24-20(26)14-23-21(22-3)25-17-10-11-18(28-6-2)19(13-17)27-4;/h7-13H,5-6,14H2,1-4H3,(H,24,26)(H2,22,23,25);1H. The van der Waals surface area contributed by atoms with E-state index < -0.39 is 0 Å². The van der Waals surface area contributed by atoms with Crippen molar-refractivity contribution in [3.05, 3.63) is 48.0 Å². The minimum absolute atomic E-state index is 0. The van der Waals surface area contributed by atoms with Crippen molar-refractivity contribution in [2.75, 3.05) is 37.9 Å².